The Kier molecular flexibility index (Phi) is 3.22. The van der Waals surface area contributed by atoms with Crippen LogP contribution >= 0.6 is 11.3 Å². The third-order valence-corrected chi connectivity index (χ3v) is 5.47. The van der Waals surface area contributed by atoms with Crippen molar-refractivity contribution in [3.05, 3.63) is 47.5 Å². The van der Waals surface area contributed by atoms with Crippen LogP contribution in [0, 0.1) is 0 Å². The number of hydrogen-bond donors (Lipinski definition) is 1. The first kappa shape index (κ1) is 13.0. The van der Waals surface area contributed by atoms with Crippen molar-refractivity contribution in [2.24, 2.45) is 0 Å². The van der Waals surface area contributed by atoms with Gasteiger partial charge in [-0.1, -0.05) is 0 Å². The van der Waals surface area contributed by atoms with E-state index in [1.165, 1.54) is 10.3 Å². The number of rotatable bonds is 3. The molecule has 0 fully saturated rings. The second-order valence-electron chi connectivity index (χ2n) is 4.88. The zero-order valence-corrected chi connectivity index (χ0v) is 13.8. The van der Waals surface area contributed by atoms with E-state index in [0.29, 0.717) is 0 Å². The second kappa shape index (κ2) is 5.22. The third kappa shape index (κ3) is 2.35. The molecule has 0 spiro atoms. The molecule has 0 aliphatic heterocycles. The summed E-state index contributed by atoms with van der Waals surface area (Å²) < 4.78 is 10.2. The maximum atomic E-state index is 4.51. The Labute approximate surface area is 132 Å². The molecule has 1 atom stereocenters. The molecule has 3 heterocycles. The Bertz CT molecular complexity index is 914. The van der Waals surface area contributed by atoms with E-state index in [4.69, 9.17) is 0 Å². The van der Waals surface area contributed by atoms with Crippen LogP contribution in [0.4, 0.5) is 5.69 Å². The summed E-state index contributed by atoms with van der Waals surface area (Å²) in [6.07, 6.45) is 1.95. The molecule has 0 bridgehead atoms. The average molecular weight is 359 g/mol. The minimum absolute atomic E-state index is 0.000783. The Hall–Kier alpha value is -1.75. The zero-order chi connectivity index (χ0) is 14.2. The van der Waals surface area contributed by atoms with E-state index >= 15 is 0 Å². The number of anilines is 1. The monoisotopic (exact) mass is 360 g/mol. The van der Waals surface area contributed by atoms with E-state index in [-0.39, 0.29) is 21.0 Å². The molecule has 4 nitrogen and oxygen atoms in total. The molecule has 0 saturated heterocycles. The molecule has 0 aliphatic carbocycles. The molecule has 21 heavy (non-hydrogen) atoms. The van der Waals surface area contributed by atoms with Crippen LogP contribution in [0.25, 0.3) is 21.3 Å². The first-order valence-corrected chi connectivity index (χ1v) is 9.03. The Balaban J connectivity index is 1.68. The molecule has 104 valence electrons. The SMILES string of the molecule is CC(Nc1cccc2n[se]nc12)c1cnc2ccsc2c1. The van der Waals surface area contributed by atoms with Crippen molar-refractivity contribution < 1.29 is 0 Å². The second-order valence-corrected chi connectivity index (χ2v) is 6.93. The van der Waals surface area contributed by atoms with Gasteiger partial charge in [0.15, 0.2) is 0 Å². The Morgan fingerprint density at radius 3 is 3.10 bits per heavy atom. The number of fused-ring (bicyclic) bond motifs is 2. The van der Waals surface area contributed by atoms with Crippen LogP contribution in [0.1, 0.15) is 18.5 Å². The molecular formula is C15H12N4SSe. The van der Waals surface area contributed by atoms with E-state index in [2.05, 4.69) is 48.8 Å². The van der Waals surface area contributed by atoms with Crippen molar-refractivity contribution in [3.8, 4) is 0 Å². The van der Waals surface area contributed by atoms with Crippen LogP contribution in [0.2, 0.25) is 0 Å². The number of nitrogens with zero attached hydrogens (tertiary/aromatic N) is 3. The van der Waals surface area contributed by atoms with Gasteiger partial charge in [-0.2, -0.15) is 0 Å². The van der Waals surface area contributed by atoms with Crippen molar-refractivity contribution in [1.29, 1.82) is 0 Å². The molecule has 1 unspecified atom stereocenters. The van der Waals surface area contributed by atoms with Crippen LogP contribution in [-0.4, -0.2) is 27.9 Å². The summed E-state index contributed by atoms with van der Waals surface area (Å²) in [7, 11) is 0. The van der Waals surface area contributed by atoms with Crippen molar-refractivity contribution in [1.82, 2.24) is 12.9 Å². The van der Waals surface area contributed by atoms with Gasteiger partial charge in [-0.25, -0.2) is 0 Å². The van der Waals surface area contributed by atoms with Gasteiger partial charge in [0.25, 0.3) is 0 Å². The quantitative estimate of drug-likeness (QED) is 0.569. The first-order chi connectivity index (χ1) is 10.3. The van der Waals surface area contributed by atoms with Crippen LogP contribution in [0.3, 0.4) is 0 Å². The van der Waals surface area contributed by atoms with Crippen molar-refractivity contribution in [3.63, 3.8) is 0 Å². The van der Waals surface area contributed by atoms with E-state index in [1.807, 2.05) is 18.3 Å². The van der Waals surface area contributed by atoms with Crippen molar-refractivity contribution in [2.45, 2.75) is 13.0 Å². The van der Waals surface area contributed by atoms with Gasteiger partial charge in [0.2, 0.25) is 0 Å². The predicted octanol–water partition coefficient (Wildman–Crippen LogP) is 3.47. The summed E-state index contributed by atoms with van der Waals surface area (Å²) in [6.45, 7) is 2.15. The Morgan fingerprint density at radius 2 is 2.14 bits per heavy atom. The molecule has 0 amide bonds. The molecule has 3 aromatic heterocycles. The molecule has 0 saturated carbocycles. The maximum absolute atomic E-state index is 4.51. The normalized spacial score (nSPS) is 12.8. The fourth-order valence-electron chi connectivity index (χ4n) is 2.34. The predicted molar refractivity (Wildman–Crippen MR) is 88.1 cm³/mol. The van der Waals surface area contributed by atoms with Gasteiger partial charge in [-0.15, -0.1) is 0 Å². The topological polar surface area (TPSA) is 50.7 Å². The molecule has 6 heteroatoms. The summed E-state index contributed by atoms with van der Waals surface area (Å²) in [5, 5.41) is 5.61. The summed E-state index contributed by atoms with van der Waals surface area (Å²) in [5.41, 5.74) is 5.29. The van der Waals surface area contributed by atoms with E-state index < -0.39 is 0 Å². The van der Waals surface area contributed by atoms with E-state index in [9.17, 15) is 0 Å². The minimum atomic E-state index is 0.000783. The molecule has 0 radical (unpaired) electrons. The summed E-state index contributed by atoms with van der Waals surface area (Å²) >= 11 is 1.72. The fraction of sp³-hybridized carbons (Fsp3) is 0.133. The molecule has 1 N–H and O–H groups in total. The van der Waals surface area contributed by atoms with Gasteiger partial charge in [0.05, 0.1) is 0 Å². The van der Waals surface area contributed by atoms with E-state index in [1.54, 1.807) is 11.3 Å². The number of pyridine rings is 1. The van der Waals surface area contributed by atoms with Gasteiger partial charge in [0, 0.05) is 0 Å². The molecule has 4 aromatic rings. The van der Waals surface area contributed by atoms with Gasteiger partial charge < -0.3 is 0 Å². The summed E-state index contributed by atoms with van der Waals surface area (Å²) in [6, 6.07) is 10.5. The molecule has 4 rings (SSSR count). The number of hydrogen-bond acceptors (Lipinski definition) is 5. The van der Waals surface area contributed by atoms with Crippen LogP contribution in [-0.2, 0) is 0 Å². The van der Waals surface area contributed by atoms with Gasteiger partial charge in [-0.3, -0.25) is 0 Å². The fourth-order valence-corrected chi connectivity index (χ4v) is 4.28. The number of benzene rings is 1. The summed E-state index contributed by atoms with van der Waals surface area (Å²) in [4.78, 5) is 4.51. The van der Waals surface area contributed by atoms with Gasteiger partial charge >= 0.3 is 132 Å². The zero-order valence-electron chi connectivity index (χ0n) is 11.3. The summed E-state index contributed by atoms with van der Waals surface area (Å²) in [5.74, 6) is 0. The molecule has 0 aliphatic rings. The Morgan fingerprint density at radius 1 is 1.19 bits per heavy atom. The van der Waals surface area contributed by atoms with Crippen LogP contribution < -0.4 is 5.32 Å². The van der Waals surface area contributed by atoms with E-state index in [0.717, 1.165) is 22.2 Å². The van der Waals surface area contributed by atoms with Gasteiger partial charge in [0.1, 0.15) is 0 Å². The van der Waals surface area contributed by atoms with Crippen molar-refractivity contribution >= 4 is 53.2 Å². The standard InChI is InChI=1S/C15H12N4SSe/c1-9(10-7-14-11(16-8-10)5-6-20-14)17-12-3-2-4-13-15(12)19-21-18-13/h2-9,17H,1H3. The number of thiophene rings is 1. The third-order valence-electron chi connectivity index (χ3n) is 3.48. The first-order valence-electron chi connectivity index (χ1n) is 6.62. The molecule has 1 aromatic carbocycles. The number of aromatic nitrogens is 3. The average Bonchev–Trinajstić information content (AvgIpc) is 3.15. The van der Waals surface area contributed by atoms with Crippen LogP contribution in [0.15, 0.2) is 41.9 Å². The number of nitrogens with one attached hydrogen (secondary N) is 1. The van der Waals surface area contributed by atoms with Gasteiger partial charge in [-0.05, 0) is 0 Å². The van der Waals surface area contributed by atoms with Crippen molar-refractivity contribution in [2.75, 3.05) is 5.32 Å². The molecular weight excluding hydrogens is 347 g/mol. The van der Waals surface area contributed by atoms with Crippen LogP contribution in [0.5, 0.6) is 0 Å².